The van der Waals surface area contributed by atoms with Gasteiger partial charge in [0.05, 0.1) is 0 Å². The topological polar surface area (TPSA) is 116 Å². The number of carbonyl (C=O) groups is 1. The number of nitrogens with one attached hydrogen (secondary N) is 4. The summed E-state index contributed by atoms with van der Waals surface area (Å²) in [5, 5.41) is 20.1. The van der Waals surface area contributed by atoms with E-state index in [1.54, 1.807) is 12.3 Å². The predicted molar refractivity (Wildman–Crippen MR) is 82.7 cm³/mol. The van der Waals surface area contributed by atoms with Gasteiger partial charge in [-0.05, 0) is 0 Å². The second kappa shape index (κ2) is 5.36. The number of anilines is 1. The first-order chi connectivity index (χ1) is 11.2. The van der Waals surface area contributed by atoms with Gasteiger partial charge in [-0.3, -0.25) is 15.0 Å². The lowest BCUT2D eigenvalue weighted by Crippen LogP contribution is -2.25. The van der Waals surface area contributed by atoms with Crippen LogP contribution in [0.2, 0.25) is 0 Å². The second-order valence-corrected chi connectivity index (χ2v) is 5.44. The minimum atomic E-state index is -0.274. The van der Waals surface area contributed by atoms with Crippen molar-refractivity contribution in [3.63, 3.8) is 0 Å². The highest BCUT2D eigenvalue weighted by atomic mass is 16.2. The summed E-state index contributed by atoms with van der Waals surface area (Å²) in [6, 6.07) is 1.75. The molecule has 0 aliphatic carbocycles. The first-order valence-electron chi connectivity index (χ1n) is 7.33. The largest absolute Gasteiger partial charge is 0.333 e. The summed E-state index contributed by atoms with van der Waals surface area (Å²) in [7, 11) is 1.89. The molecule has 0 aromatic carbocycles. The summed E-state index contributed by atoms with van der Waals surface area (Å²) in [4.78, 5) is 16.7. The van der Waals surface area contributed by atoms with Crippen molar-refractivity contribution < 1.29 is 4.79 Å². The molecule has 0 radical (unpaired) electrons. The lowest BCUT2D eigenvalue weighted by molar-refractivity contribution is 0.102. The molecule has 9 heteroatoms. The fourth-order valence-electron chi connectivity index (χ4n) is 2.71. The van der Waals surface area contributed by atoms with Crippen molar-refractivity contribution in [2.24, 2.45) is 7.05 Å². The molecule has 1 amide bonds. The van der Waals surface area contributed by atoms with Crippen molar-refractivity contribution in [3.05, 3.63) is 35.4 Å². The number of hydrogen-bond donors (Lipinski definition) is 4. The maximum absolute atomic E-state index is 12.4. The van der Waals surface area contributed by atoms with Crippen LogP contribution in [0.15, 0.2) is 18.5 Å². The van der Waals surface area contributed by atoms with E-state index in [1.807, 2.05) is 17.8 Å². The Morgan fingerprint density at radius 1 is 1.35 bits per heavy atom. The minimum Gasteiger partial charge on any atom is -0.333 e. The number of aryl methyl sites for hydroxylation is 1. The number of hydrogen-bond acceptors (Lipinski definition) is 5. The average Bonchev–Trinajstić information content (AvgIpc) is 3.26. The maximum Gasteiger partial charge on any atom is 0.277 e. The zero-order chi connectivity index (χ0) is 15.8. The van der Waals surface area contributed by atoms with Gasteiger partial charge in [0.15, 0.2) is 17.3 Å². The molecule has 0 spiro atoms. The molecule has 4 heterocycles. The summed E-state index contributed by atoms with van der Waals surface area (Å²) in [6.45, 7) is 1.54. The SMILES string of the molecule is Cn1ccnc1-c1cc(NC(=O)c2n[nH]c3c2CNCC3)n[nH]1. The van der Waals surface area contributed by atoms with Gasteiger partial charge in [0.1, 0.15) is 5.69 Å². The molecule has 1 aliphatic rings. The van der Waals surface area contributed by atoms with Gasteiger partial charge in [-0.15, -0.1) is 0 Å². The maximum atomic E-state index is 12.4. The van der Waals surface area contributed by atoms with Gasteiger partial charge in [0.2, 0.25) is 0 Å². The molecule has 118 valence electrons. The van der Waals surface area contributed by atoms with E-state index in [-0.39, 0.29) is 5.91 Å². The van der Waals surface area contributed by atoms with Gasteiger partial charge < -0.3 is 15.2 Å². The van der Waals surface area contributed by atoms with E-state index in [0.29, 0.717) is 18.1 Å². The van der Waals surface area contributed by atoms with Gasteiger partial charge in [-0.1, -0.05) is 0 Å². The number of nitrogens with zero attached hydrogens (tertiary/aromatic N) is 4. The molecule has 9 nitrogen and oxygen atoms in total. The van der Waals surface area contributed by atoms with Crippen molar-refractivity contribution >= 4 is 11.7 Å². The normalized spacial score (nSPS) is 13.8. The van der Waals surface area contributed by atoms with Crippen molar-refractivity contribution in [1.29, 1.82) is 0 Å². The van der Waals surface area contributed by atoms with Gasteiger partial charge >= 0.3 is 0 Å². The van der Waals surface area contributed by atoms with Crippen LogP contribution in [0, 0.1) is 0 Å². The first-order valence-corrected chi connectivity index (χ1v) is 7.33. The Labute approximate surface area is 131 Å². The Bertz CT molecular complexity index is 858. The molecular formula is C14H16N8O. The predicted octanol–water partition coefficient (Wildman–Crippen LogP) is 0.431. The van der Waals surface area contributed by atoms with Gasteiger partial charge in [-0.2, -0.15) is 10.2 Å². The Morgan fingerprint density at radius 3 is 3.09 bits per heavy atom. The van der Waals surface area contributed by atoms with Crippen LogP contribution in [0.4, 0.5) is 5.82 Å². The number of aromatic nitrogens is 6. The number of imidazole rings is 1. The van der Waals surface area contributed by atoms with E-state index >= 15 is 0 Å². The number of carbonyl (C=O) groups excluding carboxylic acids is 1. The van der Waals surface area contributed by atoms with Crippen LogP contribution in [-0.4, -0.2) is 42.4 Å². The van der Waals surface area contributed by atoms with Crippen molar-refractivity contribution in [1.82, 2.24) is 35.3 Å². The Balaban J connectivity index is 1.55. The summed E-state index contributed by atoms with van der Waals surface area (Å²) in [6.07, 6.45) is 4.40. The monoisotopic (exact) mass is 312 g/mol. The quantitative estimate of drug-likeness (QED) is 0.560. The van der Waals surface area contributed by atoms with Crippen LogP contribution in [0.1, 0.15) is 21.7 Å². The zero-order valence-electron chi connectivity index (χ0n) is 12.6. The fourth-order valence-corrected chi connectivity index (χ4v) is 2.71. The zero-order valence-corrected chi connectivity index (χ0v) is 12.6. The molecule has 0 bridgehead atoms. The molecule has 3 aromatic heterocycles. The van der Waals surface area contributed by atoms with Gasteiger partial charge in [0.25, 0.3) is 5.91 Å². The third kappa shape index (κ3) is 2.40. The van der Waals surface area contributed by atoms with Gasteiger partial charge in [-0.25, -0.2) is 4.98 Å². The average molecular weight is 312 g/mol. The molecule has 0 saturated heterocycles. The van der Waals surface area contributed by atoms with Crippen LogP contribution in [-0.2, 0) is 20.0 Å². The number of aromatic amines is 2. The fraction of sp³-hybridized carbons (Fsp3) is 0.286. The van der Waals surface area contributed by atoms with Crippen LogP contribution in [0.25, 0.3) is 11.5 Å². The number of fused-ring (bicyclic) bond motifs is 1. The summed E-state index contributed by atoms with van der Waals surface area (Å²) >= 11 is 0. The molecule has 0 atom stereocenters. The second-order valence-electron chi connectivity index (χ2n) is 5.44. The van der Waals surface area contributed by atoms with E-state index < -0.39 is 0 Å². The number of H-pyrrole nitrogens is 2. The third-order valence-corrected chi connectivity index (χ3v) is 3.90. The molecule has 4 rings (SSSR count). The summed E-state index contributed by atoms with van der Waals surface area (Å²) in [5.41, 5.74) is 3.09. The van der Waals surface area contributed by atoms with Crippen molar-refractivity contribution in [2.45, 2.75) is 13.0 Å². The molecule has 0 unspecified atom stereocenters. The lowest BCUT2D eigenvalue weighted by atomic mass is 10.1. The summed E-state index contributed by atoms with van der Waals surface area (Å²) < 4.78 is 1.87. The highest BCUT2D eigenvalue weighted by Crippen LogP contribution is 2.19. The first kappa shape index (κ1) is 13.7. The van der Waals surface area contributed by atoms with E-state index in [2.05, 4.69) is 36.0 Å². The van der Waals surface area contributed by atoms with E-state index in [0.717, 1.165) is 35.7 Å². The molecule has 0 saturated carbocycles. The molecule has 0 fully saturated rings. The smallest absolute Gasteiger partial charge is 0.277 e. The number of rotatable bonds is 3. The van der Waals surface area contributed by atoms with Crippen molar-refractivity contribution in [3.8, 4) is 11.5 Å². The van der Waals surface area contributed by atoms with E-state index in [4.69, 9.17) is 0 Å². The van der Waals surface area contributed by atoms with Crippen LogP contribution in [0.3, 0.4) is 0 Å². The third-order valence-electron chi connectivity index (χ3n) is 3.90. The van der Waals surface area contributed by atoms with Crippen LogP contribution >= 0.6 is 0 Å². The summed E-state index contributed by atoms with van der Waals surface area (Å²) in [5.74, 6) is 0.914. The van der Waals surface area contributed by atoms with Crippen LogP contribution in [0.5, 0.6) is 0 Å². The molecule has 23 heavy (non-hydrogen) atoms. The molecular weight excluding hydrogens is 296 g/mol. The van der Waals surface area contributed by atoms with Crippen LogP contribution < -0.4 is 10.6 Å². The highest BCUT2D eigenvalue weighted by molar-refractivity contribution is 6.03. The Hall–Kier alpha value is -2.94. The Kier molecular flexibility index (Phi) is 3.19. The Morgan fingerprint density at radius 2 is 2.26 bits per heavy atom. The molecule has 1 aliphatic heterocycles. The van der Waals surface area contributed by atoms with Crippen molar-refractivity contribution in [2.75, 3.05) is 11.9 Å². The van der Waals surface area contributed by atoms with E-state index in [1.165, 1.54) is 0 Å². The molecule has 3 aromatic rings. The minimum absolute atomic E-state index is 0.274. The standard InChI is InChI=1S/C14H16N8O/c1-22-5-4-16-13(22)10-6-11(20-19-10)17-14(23)12-8-7-15-3-2-9(8)18-21-12/h4-6,15H,2-3,7H2,1H3,(H,18,21)(H2,17,19,20,23). The number of amides is 1. The van der Waals surface area contributed by atoms with Gasteiger partial charge in [0, 0.05) is 56.3 Å². The molecule has 4 N–H and O–H groups in total. The van der Waals surface area contributed by atoms with E-state index in [9.17, 15) is 4.79 Å². The lowest BCUT2D eigenvalue weighted by Gasteiger charge is -2.12. The highest BCUT2D eigenvalue weighted by Gasteiger charge is 2.22.